The van der Waals surface area contributed by atoms with E-state index in [-0.39, 0.29) is 24.0 Å². The second kappa shape index (κ2) is 4.47. The quantitative estimate of drug-likeness (QED) is 0.800. The lowest BCUT2D eigenvalue weighted by Crippen LogP contribution is -2.41. The van der Waals surface area contributed by atoms with Crippen LogP contribution in [0.5, 0.6) is 0 Å². The molecule has 0 aromatic heterocycles. The molecule has 0 aliphatic carbocycles. The van der Waals surface area contributed by atoms with Crippen molar-refractivity contribution in [2.45, 2.75) is 18.6 Å². The molecule has 4 nitrogen and oxygen atoms in total. The maximum atomic E-state index is 12.1. The fourth-order valence-corrected chi connectivity index (χ4v) is 2.57. The van der Waals surface area contributed by atoms with E-state index in [1.807, 2.05) is 30.3 Å². The fraction of sp³-hybridized carbons (Fsp3) is 0.462. The minimum absolute atomic E-state index is 0.0183. The van der Waals surface area contributed by atoms with Gasteiger partial charge >= 0.3 is 0 Å². The molecule has 2 fully saturated rings. The van der Waals surface area contributed by atoms with E-state index in [1.165, 1.54) is 0 Å². The van der Waals surface area contributed by atoms with Crippen molar-refractivity contribution in [3.63, 3.8) is 0 Å². The summed E-state index contributed by atoms with van der Waals surface area (Å²) >= 11 is 0. The fourth-order valence-electron chi connectivity index (χ4n) is 2.57. The van der Waals surface area contributed by atoms with Crippen molar-refractivity contribution < 1.29 is 9.53 Å². The van der Waals surface area contributed by atoms with Crippen LogP contribution in [0.25, 0.3) is 0 Å². The summed E-state index contributed by atoms with van der Waals surface area (Å²) in [6.07, 6.45) is 1.08. The first-order valence-corrected chi connectivity index (χ1v) is 6.05. The molecule has 3 atom stereocenters. The van der Waals surface area contributed by atoms with E-state index in [1.54, 1.807) is 0 Å². The summed E-state index contributed by atoms with van der Waals surface area (Å²) < 4.78 is 5.75. The number of fused-ring (bicyclic) bond motifs is 2. The summed E-state index contributed by atoms with van der Waals surface area (Å²) in [4.78, 5) is 12.1. The first-order chi connectivity index (χ1) is 8.33. The molecule has 2 bridgehead atoms. The molecule has 0 unspecified atom stereocenters. The van der Waals surface area contributed by atoms with Crippen molar-refractivity contribution in [3.8, 4) is 0 Å². The minimum Gasteiger partial charge on any atom is -0.371 e. The van der Waals surface area contributed by atoms with Crippen LogP contribution >= 0.6 is 0 Å². The Morgan fingerprint density at radius 2 is 2.12 bits per heavy atom. The van der Waals surface area contributed by atoms with Crippen LogP contribution in [0, 0.1) is 5.92 Å². The Morgan fingerprint density at radius 1 is 1.29 bits per heavy atom. The van der Waals surface area contributed by atoms with Gasteiger partial charge in [0.2, 0.25) is 5.91 Å². The molecule has 90 valence electrons. The standard InChI is InChI=1S/C13H16N2O2/c16-13(15-9-4-2-1-3-5-9)11-6-10-7-14-8-12(11)17-10/h1-5,10-12,14H,6-8H2,(H,15,16)/t10-,11+,12-/m0/s1. The van der Waals surface area contributed by atoms with Gasteiger partial charge in [-0.15, -0.1) is 0 Å². The van der Waals surface area contributed by atoms with E-state index in [0.29, 0.717) is 0 Å². The molecule has 2 aliphatic rings. The summed E-state index contributed by atoms with van der Waals surface area (Å²) in [5, 5.41) is 6.24. The van der Waals surface area contributed by atoms with Crippen LogP contribution in [-0.2, 0) is 9.53 Å². The van der Waals surface area contributed by atoms with Crippen molar-refractivity contribution >= 4 is 11.6 Å². The van der Waals surface area contributed by atoms with Gasteiger partial charge in [0.05, 0.1) is 18.1 Å². The predicted octanol–water partition coefficient (Wildman–Crippen LogP) is 1.00. The number of carbonyl (C=O) groups excluding carboxylic acids is 1. The molecule has 0 radical (unpaired) electrons. The molecule has 1 amide bonds. The molecule has 2 aliphatic heterocycles. The summed E-state index contributed by atoms with van der Waals surface area (Å²) in [6, 6.07) is 9.57. The molecule has 2 saturated heterocycles. The Kier molecular flexibility index (Phi) is 2.82. The van der Waals surface area contributed by atoms with Crippen LogP contribution < -0.4 is 10.6 Å². The number of nitrogens with one attached hydrogen (secondary N) is 2. The topological polar surface area (TPSA) is 50.4 Å². The van der Waals surface area contributed by atoms with E-state index in [2.05, 4.69) is 10.6 Å². The molecule has 2 N–H and O–H groups in total. The van der Waals surface area contributed by atoms with Gasteiger partial charge in [-0.05, 0) is 18.6 Å². The SMILES string of the molecule is O=C(Nc1ccccc1)[C@@H]1C[C@H]2CNC[C@@H]1O2. The normalized spacial score (nSPS) is 31.2. The van der Waals surface area contributed by atoms with E-state index >= 15 is 0 Å². The Morgan fingerprint density at radius 3 is 2.88 bits per heavy atom. The largest absolute Gasteiger partial charge is 0.371 e. The molecule has 3 rings (SSSR count). The number of amides is 1. The number of hydrogen-bond acceptors (Lipinski definition) is 3. The number of hydrogen-bond donors (Lipinski definition) is 2. The highest BCUT2D eigenvalue weighted by molar-refractivity contribution is 5.93. The average molecular weight is 232 g/mol. The molecule has 1 aromatic carbocycles. The van der Waals surface area contributed by atoms with Gasteiger partial charge in [0.15, 0.2) is 0 Å². The van der Waals surface area contributed by atoms with Gasteiger partial charge in [0, 0.05) is 18.8 Å². The van der Waals surface area contributed by atoms with Gasteiger partial charge < -0.3 is 15.4 Å². The number of rotatable bonds is 2. The molecule has 4 heteroatoms. The number of ether oxygens (including phenoxy) is 1. The van der Waals surface area contributed by atoms with Crippen molar-refractivity contribution in [1.82, 2.24) is 5.32 Å². The lowest BCUT2D eigenvalue weighted by atomic mass is 9.99. The van der Waals surface area contributed by atoms with Gasteiger partial charge in [0.1, 0.15) is 0 Å². The van der Waals surface area contributed by atoms with E-state index in [4.69, 9.17) is 4.74 Å². The third kappa shape index (κ3) is 2.18. The maximum Gasteiger partial charge on any atom is 0.230 e. The second-order valence-corrected chi connectivity index (χ2v) is 4.65. The van der Waals surface area contributed by atoms with Gasteiger partial charge in [-0.2, -0.15) is 0 Å². The van der Waals surface area contributed by atoms with Crippen molar-refractivity contribution in [2.24, 2.45) is 5.92 Å². The molecule has 2 heterocycles. The number of para-hydroxylation sites is 1. The monoisotopic (exact) mass is 232 g/mol. The minimum atomic E-state index is -0.0183. The lowest BCUT2D eigenvalue weighted by molar-refractivity contribution is -0.121. The zero-order chi connectivity index (χ0) is 11.7. The molecule has 0 saturated carbocycles. The highest BCUT2D eigenvalue weighted by atomic mass is 16.5. The Labute approximate surface area is 100 Å². The van der Waals surface area contributed by atoms with Crippen molar-refractivity contribution in [1.29, 1.82) is 0 Å². The summed E-state index contributed by atoms with van der Waals surface area (Å²) in [5.41, 5.74) is 0.854. The Balaban J connectivity index is 1.67. The lowest BCUT2D eigenvalue weighted by Gasteiger charge is -2.22. The van der Waals surface area contributed by atoms with E-state index < -0.39 is 0 Å². The zero-order valence-corrected chi connectivity index (χ0v) is 9.56. The smallest absolute Gasteiger partial charge is 0.230 e. The van der Waals surface area contributed by atoms with E-state index in [9.17, 15) is 4.79 Å². The summed E-state index contributed by atoms with van der Waals surface area (Å²) in [5.74, 6) is 0.0580. The van der Waals surface area contributed by atoms with Crippen LogP contribution in [0.1, 0.15) is 6.42 Å². The van der Waals surface area contributed by atoms with Crippen LogP contribution in [0.2, 0.25) is 0 Å². The molecular formula is C13H16N2O2. The number of benzene rings is 1. The Hall–Kier alpha value is -1.39. The number of carbonyl (C=O) groups is 1. The Bertz CT molecular complexity index is 407. The van der Waals surface area contributed by atoms with Gasteiger partial charge in [-0.3, -0.25) is 4.79 Å². The second-order valence-electron chi connectivity index (χ2n) is 4.65. The van der Waals surface area contributed by atoms with E-state index in [0.717, 1.165) is 25.2 Å². The molecule has 17 heavy (non-hydrogen) atoms. The number of anilines is 1. The number of morpholine rings is 1. The zero-order valence-electron chi connectivity index (χ0n) is 9.56. The van der Waals surface area contributed by atoms with Gasteiger partial charge in [-0.1, -0.05) is 18.2 Å². The first kappa shape index (κ1) is 10.7. The third-order valence-corrected chi connectivity index (χ3v) is 3.43. The highest BCUT2D eigenvalue weighted by Gasteiger charge is 2.41. The molecule has 0 spiro atoms. The predicted molar refractivity (Wildman–Crippen MR) is 64.7 cm³/mol. The van der Waals surface area contributed by atoms with Crippen LogP contribution in [-0.4, -0.2) is 31.2 Å². The van der Waals surface area contributed by atoms with Gasteiger partial charge in [-0.25, -0.2) is 0 Å². The van der Waals surface area contributed by atoms with Crippen LogP contribution in [0.3, 0.4) is 0 Å². The first-order valence-electron chi connectivity index (χ1n) is 6.05. The van der Waals surface area contributed by atoms with Crippen LogP contribution in [0.4, 0.5) is 5.69 Å². The van der Waals surface area contributed by atoms with Crippen LogP contribution in [0.15, 0.2) is 30.3 Å². The van der Waals surface area contributed by atoms with Gasteiger partial charge in [0.25, 0.3) is 0 Å². The molecule has 1 aromatic rings. The maximum absolute atomic E-state index is 12.1. The average Bonchev–Trinajstić information content (AvgIpc) is 2.65. The molecular weight excluding hydrogens is 216 g/mol. The highest BCUT2D eigenvalue weighted by Crippen LogP contribution is 2.29. The van der Waals surface area contributed by atoms with Crippen molar-refractivity contribution in [3.05, 3.63) is 30.3 Å². The van der Waals surface area contributed by atoms with Crippen molar-refractivity contribution in [2.75, 3.05) is 18.4 Å². The third-order valence-electron chi connectivity index (χ3n) is 3.43. The summed E-state index contributed by atoms with van der Waals surface area (Å²) in [7, 11) is 0. The summed E-state index contributed by atoms with van der Waals surface area (Å²) in [6.45, 7) is 1.65.